The molecule has 0 radical (unpaired) electrons. The standard InChI is InChI=1S/C9H10BrN3O/c1-13-3-2-8(14)12-7-4-6(10)5-11-9(7)13/h4-5H,2-3H2,1H3,(H,12,14). The second kappa shape index (κ2) is 3.57. The molecular weight excluding hydrogens is 246 g/mol. The Morgan fingerprint density at radius 2 is 2.43 bits per heavy atom. The molecule has 0 spiro atoms. The molecule has 1 aliphatic rings. The topological polar surface area (TPSA) is 45.2 Å². The van der Waals surface area contributed by atoms with Gasteiger partial charge < -0.3 is 10.2 Å². The number of fused-ring (bicyclic) bond motifs is 1. The average Bonchev–Trinajstić information content (AvgIpc) is 2.26. The van der Waals surface area contributed by atoms with Crippen molar-refractivity contribution in [1.82, 2.24) is 4.98 Å². The van der Waals surface area contributed by atoms with E-state index in [9.17, 15) is 4.79 Å². The van der Waals surface area contributed by atoms with Gasteiger partial charge in [-0.15, -0.1) is 0 Å². The van der Waals surface area contributed by atoms with Crippen molar-refractivity contribution in [2.45, 2.75) is 6.42 Å². The van der Waals surface area contributed by atoms with Gasteiger partial charge in [-0.25, -0.2) is 4.98 Å². The fraction of sp³-hybridized carbons (Fsp3) is 0.333. The van der Waals surface area contributed by atoms with Gasteiger partial charge in [0.25, 0.3) is 0 Å². The number of pyridine rings is 1. The summed E-state index contributed by atoms with van der Waals surface area (Å²) in [6.45, 7) is 0.702. The number of rotatable bonds is 0. The van der Waals surface area contributed by atoms with Crippen LogP contribution in [0.3, 0.4) is 0 Å². The molecule has 1 N–H and O–H groups in total. The molecule has 0 saturated carbocycles. The SMILES string of the molecule is CN1CCC(=O)Nc2cc(Br)cnc21. The van der Waals surface area contributed by atoms with Gasteiger partial charge in [-0.05, 0) is 22.0 Å². The van der Waals surface area contributed by atoms with Gasteiger partial charge in [0.1, 0.15) is 0 Å². The minimum Gasteiger partial charge on any atom is -0.357 e. The van der Waals surface area contributed by atoms with Crippen molar-refractivity contribution < 1.29 is 4.79 Å². The minimum atomic E-state index is 0.0375. The largest absolute Gasteiger partial charge is 0.357 e. The lowest BCUT2D eigenvalue weighted by Gasteiger charge is -2.16. The Morgan fingerprint density at radius 3 is 3.21 bits per heavy atom. The normalized spacial score (nSPS) is 15.9. The first-order valence-corrected chi connectivity index (χ1v) is 5.12. The van der Waals surface area contributed by atoms with Crippen molar-refractivity contribution >= 4 is 33.3 Å². The van der Waals surface area contributed by atoms with Crippen LogP contribution < -0.4 is 10.2 Å². The van der Waals surface area contributed by atoms with Crippen LogP contribution in [-0.4, -0.2) is 24.5 Å². The predicted molar refractivity (Wildman–Crippen MR) is 58.5 cm³/mol. The number of nitrogens with zero attached hydrogens (tertiary/aromatic N) is 2. The second-order valence-electron chi connectivity index (χ2n) is 3.24. The van der Waals surface area contributed by atoms with Gasteiger partial charge in [0.2, 0.25) is 5.91 Å². The maximum atomic E-state index is 11.3. The van der Waals surface area contributed by atoms with E-state index < -0.39 is 0 Å². The second-order valence-corrected chi connectivity index (χ2v) is 4.16. The summed E-state index contributed by atoms with van der Waals surface area (Å²) in [5.41, 5.74) is 0.768. The third-order valence-corrected chi connectivity index (χ3v) is 2.58. The fourth-order valence-electron chi connectivity index (χ4n) is 1.42. The number of carbonyl (C=O) groups is 1. The molecule has 1 aromatic rings. The van der Waals surface area contributed by atoms with E-state index >= 15 is 0 Å². The zero-order chi connectivity index (χ0) is 10.1. The summed E-state index contributed by atoms with van der Waals surface area (Å²) >= 11 is 3.32. The van der Waals surface area contributed by atoms with Gasteiger partial charge in [-0.2, -0.15) is 0 Å². The van der Waals surface area contributed by atoms with Crippen LogP contribution in [0.4, 0.5) is 11.5 Å². The summed E-state index contributed by atoms with van der Waals surface area (Å²) in [5.74, 6) is 0.856. The maximum Gasteiger partial charge on any atom is 0.226 e. The molecule has 0 saturated heterocycles. The predicted octanol–water partition coefficient (Wildman–Crippen LogP) is 1.62. The van der Waals surface area contributed by atoms with E-state index in [2.05, 4.69) is 26.2 Å². The third-order valence-electron chi connectivity index (χ3n) is 2.14. The summed E-state index contributed by atoms with van der Waals surface area (Å²) in [6.07, 6.45) is 2.23. The summed E-state index contributed by atoms with van der Waals surface area (Å²) in [6, 6.07) is 1.86. The van der Waals surface area contributed by atoms with Gasteiger partial charge in [0, 0.05) is 30.7 Å². The van der Waals surface area contributed by atoms with Crippen LogP contribution in [0.2, 0.25) is 0 Å². The minimum absolute atomic E-state index is 0.0375. The summed E-state index contributed by atoms with van der Waals surface area (Å²) in [5, 5.41) is 2.82. The lowest BCUT2D eigenvalue weighted by molar-refractivity contribution is -0.115. The Balaban J connectivity index is 2.46. The molecule has 0 unspecified atom stereocenters. The van der Waals surface area contributed by atoms with Crippen molar-refractivity contribution in [2.75, 3.05) is 23.8 Å². The van der Waals surface area contributed by atoms with Gasteiger partial charge in [-0.1, -0.05) is 0 Å². The summed E-state index contributed by atoms with van der Waals surface area (Å²) in [4.78, 5) is 17.6. The molecule has 0 fully saturated rings. The summed E-state index contributed by atoms with van der Waals surface area (Å²) < 4.78 is 0.867. The first-order valence-electron chi connectivity index (χ1n) is 4.33. The third kappa shape index (κ3) is 1.72. The number of carbonyl (C=O) groups excluding carboxylic acids is 1. The Morgan fingerprint density at radius 1 is 1.64 bits per heavy atom. The van der Waals surface area contributed by atoms with E-state index in [0.717, 1.165) is 16.0 Å². The lowest BCUT2D eigenvalue weighted by Crippen LogP contribution is -2.19. The van der Waals surface area contributed by atoms with Gasteiger partial charge in [-0.3, -0.25) is 4.79 Å². The Kier molecular flexibility index (Phi) is 2.41. The van der Waals surface area contributed by atoms with Crippen molar-refractivity contribution in [3.63, 3.8) is 0 Å². The van der Waals surface area contributed by atoms with Crippen molar-refractivity contribution in [2.24, 2.45) is 0 Å². The molecule has 5 heteroatoms. The monoisotopic (exact) mass is 255 g/mol. The van der Waals surface area contributed by atoms with E-state index in [1.165, 1.54) is 0 Å². The Hall–Kier alpha value is -1.10. The maximum absolute atomic E-state index is 11.3. The van der Waals surface area contributed by atoms with Crippen LogP contribution in [0.15, 0.2) is 16.7 Å². The molecule has 1 aromatic heterocycles. The quantitative estimate of drug-likeness (QED) is 0.767. The van der Waals surface area contributed by atoms with Crippen molar-refractivity contribution in [3.05, 3.63) is 16.7 Å². The van der Waals surface area contributed by atoms with E-state index in [4.69, 9.17) is 0 Å². The van der Waals surface area contributed by atoms with E-state index in [1.807, 2.05) is 18.0 Å². The number of anilines is 2. The summed E-state index contributed by atoms with van der Waals surface area (Å²) in [7, 11) is 1.93. The van der Waals surface area contributed by atoms with Crippen LogP contribution in [0.5, 0.6) is 0 Å². The molecule has 0 atom stereocenters. The van der Waals surface area contributed by atoms with Gasteiger partial charge in [0.05, 0.1) is 5.69 Å². The van der Waals surface area contributed by atoms with E-state index in [1.54, 1.807) is 6.20 Å². The van der Waals surface area contributed by atoms with Crippen LogP contribution in [0.1, 0.15) is 6.42 Å². The first kappa shape index (κ1) is 9.45. The van der Waals surface area contributed by atoms with Crippen LogP contribution >= 0.6 is 15.9 Å². The molecule has 1 aliphatic heterocycles. The van der Waals surface area contributed by atoms with Gasteiger partial charge in [0.15, 0.2) is 5.82 Å². The highest BCUT2D eigenvalue weighted by atomic mass is 79.9. The number of amides is 1. The smallest absolute Gasteiger partial charge is 0.226 e. The Labute approximate surface area is 90.4 Å². The zero-order valence-electron chi connectivity index (χ0n) is 7.75. The van der Waals surface area contributed by atoms with Crippen LogP contribution in [0.25, 0.3) is 0 Å². The molecule has 2 rings (SSSR count). The molecule has 4 nitrogen and oxygen atoms in total. The average molecular weight is 256 g/mol. The fourth-order valence-corrected chi connectivity index (χ4v) is 1.75. The molecule has 0 bridgehead atoms. The number of hydrogen-bond donors (Lipinski definition) is 1. The molecular formula is C9H10BrN3O. The van der Waals surface area contributed by atoms with E-state index in [0.29, 0.717) is 13.0 Å². The number of aromatic nitrogens is 1. The molecule has 1 amide bonds. The van der Waals surface area contributed by atoms with Crippen LogP contribution in [0, 0.1) is 0 Å². The molecule has 0 aromatic carbocycles. The number of hydrogen-bond acceptors (Lipinski definition) is 3. The lowest BCUT2D eigenvalue weighted by atomic mass is 10.4. The Bertz CT molecular complexity index is 380. The molecule has 0 aliphatic carbocycles. The molecule has 14 heavy (non-hydrogen) atoms. The number of halogens is 1. The van der Waals surface area contributed by atoms with Crippen LogP contribution in [-0.2, 0) is 4.79 Å². The molecule has 2 heterocycles. The van der Waals surface area contributed by atoms with Gasteiger partial charge >= 0.3 is 0 Å². The van der Waals surface area contributed by atoms with Crippen molar-refractivity contribution in [1.29, 1.82) is 0 Å². The highest BCUT2D eigenvalue weighted by Crippen LogP contribution is 2.27. The number of nitrogens with one attached hydrogen (secondary N) is 1. The van der Waals surface area contributed by atoms with Crippen molar-refractivity contribution in [3.8, 4) is 0 Å². The zero-order valence-corrected chi connectivity index (χ0v) is 9.34. The molecule has 74 valence electrons. The first-order chi connectivity index (χ1) is 6.66. The van der Waals surface area contributed by atoms with E-state index in [-0.39, 0.29) is 5.91 Å². The highest BCUT2D eigenvalue weighted by Gasteiger charge is 2.17. The highest BCUT2D eigenvalue weighted by molar-refractivity contribution is 9.10.